The fraction of sp³-hybridized carbons (Fsp3) is 0.100. The Bertz CT molecular complexity index is 906. The maximum atomic E-state index is 5.53. The topological polar surface area (TPSA) is 55.7 Å². The third-order valence-electron chi connectivity index (χ3n) is 3.54. The first-order chi connectivity index (χ1) is 12.3. The van der Waals surface area contributed by atoms with Gasteiger partial charge in [-0.2, -0.15) is 5.10 Å². The molecule has 5 nitrogen and oxygen atoms in total. The number of aromatic nitrogens is 1. The zero-order valence-corrected chi connectivity index (χ0v) is 14.0. The molecule has 5 heteroatoms. The van der Waals surface area contributed by atoms with Crippen molar-refractivity contribution in [1.82, 2.24) is 4.98 Å². The van der Waals surface area contributed by atoms with Crippen molar-refractivity contribution in [2.24, 2.45) is 5.10 Å². The van der Waals surface area contributed by atoms with Gasteiger partial charge in [-0.05, 0) is 42.0 Å². The van der Waals surface area contributed by atoms with Crippen LogP contribution in [0.25, 0.3) is 10.9 Å². The van der Waals surface area contributed by atoms with Gasteiger partial charge in [0.05, 0.1) is 18.8 Å². The number of anilines is 1. The van der Waals surface area contributed by atoms with Gasteiger partial charge in [-0.3, -0.25) is 5.43 Å². The van der Waals surface area contributed by atoms with Gasteiger partial charge in [-0.15, -0.1) is 0 Å². The molecular weight excluding hydrogens is 314 g/mol. The predicted octanol–water partition coefficient (Wildman–Crippen LogP) is 4.25. The molecule has 0 atom stereocenters. The molecule has 1 heterocycles. The van der Waals surface area contributed by atoms with Crippen LogP contribution in [-0.4, -0.2) is 24.9 Å². The van der Waals surface area contributed by atoms with Gasteiger partial charge in [-0.25, -0.2) is 4.98 Å². The molecular formula is C20H19N3O2. The van der Waals surface area contributed by atoms with E-state index in [1.165, 1.54) is 0 Å². The Morgan fingerprint density at radius 2 is 2.00 bits per heavy atom. The van der Waals surface area contributed by atoms with Crippen LogP contribution in [0.5, 0.6) is 11.5 Å². The van der Waals surface area contributed by atoms with Crippen molar-refractivity contribution in [2.45, 2.75) is 0 Å². The SMILES string of the molecule is C=CCOc1ccc(/C=N/Nc2ccc3ccccc3n2)cc1OC. The second-order valence-electron chi connectivity index (χ2n) is 5.27. The van der Waals surface area contributed by atoms with Crippen molar-refractivity contribution in [1.29, 1.82) is 0 Å². The molecule has 0 fully saturated rings. The second-order valence-corrected chi connectivity index (χ2v) is 5.27. The van der Waals surface area contributed by atoms with Crippen LogP contribution in [0.4, 0.5) is 5.82 Å². The smallest absolute Gasteiger partial charge is 0.161 e. The van der Waals surface area contributed by atoms with E-state index in [1.54, 1.807) is 19.4 Å². The van der Waals surface area contributed by atoms with Crippen LogP contribution in [0.3, 0.4) is 0 Å². The summed E-state index contributed by atoms with van der Waals surface area (Å²) in [5.74, 6) is 2.01. The number of benzene rings is 2. The van der Waals surface area contributed by atoms with Crippen LogP contribution in [0.1, 0.15) is 5.56 Å². The van der Waals surface area contributed by atoms with Gasteiger partial charge >= 0.3 is 0 Å². The quantitative estimate of drug-likeness (QED) is 0.399. The number of methoxy groups -OCH3 is 1. The summed E-state index contributed by atoms with van der Waals surface area (Å²) in [7, 11) is 1.61. The Balaban J connectivity index is 1.71. The van der Waals surface area contributed by atoms with E-state index in [0.29, 0.717) is 23.9 Å². The molecule has 0 bridgehead atoms. The molecule has 3 aromatic rings. The normalized spacial score (nSPS) is 10.8. The Hall–Kier alpha value is -3.34. The van der Waals surface area contributed by atoms with Gasteiger partial charge < -0.3 is 9.47 Å². The maximum Gasteiger partial charge on any atom is 0.161 e. The van der Waals surface area contributed by atoms with Crippen LogP contribution < -0.4 is 14.9 Å². The summed E-state index contributed by atoms with van der Waals surface area (Å²) in [6.07, 6.45) is 3.39. The van der Waals surface area contributed by atoms with Crippen LogP contribution in [0.2, 0.25) is 0 Å². The Morgan fingerprint density at radius 3 is 2.84 bits per heavy atom. The van der Waals surface area contributed by atoms with E-state index in [2.05, 4.69) is 22.1 Å². The number of hydrogen-bond acceptors (Lipinski definition) is 5. The highest BCUT2D eigenvalue weighted by atomic mass is 16.5. The van der Waals surface area contributed by atoms with Gasteiger partial charge in [0, 0.05) is 5.39 Å². The van der Waals surface area contributed by atoms with Gasteiger partial charge in [0.15, 0.2) is 11.5 Å². The van der Waals surface area contributed by atoms with Crippen molar-refractivity contribution in [2.75, 3.05) is 19.1 Å². The summed E-state index contributed by atoms with van der Waals surface area (Å²) >= 11 is 0. The molecule has 0 saturated carbocycles. The van der Waals surface area contributed by atoms with Gasteiger partial charge in [-0.1, -0.05) is 30.9 Å². The molecule has 0 radical (unpaired) electrons. The summed E-state index contributed by atoms with van der Waals surface area (Å²) < 4.78 is 10.9. The average molecular weight is 333 g/mol. The van der Waals surface area contributed by atoms with E-state index in [-0.39, 0.29) is 0 Å². The van der Waals surface area contributed by atoms with E-state index >= 15 is 0 Å². The summed E-state index contributed by atoms with van der Waals surface area (Å²) in [5, 5.41) is 5.33. The summed E-state index contributed by atoms with van der Waals surface area (Å²) in [6.45, 7) is 4.07. The standard InChI is InChI=1S/C20H19N3O2/c1-3-12-25-18-10-8-15(13-19(18)24-2)14-21-23-20-11-9-16-6-4-5-7-17(16)22-20/h3-11,13-14H,1,12H2,2H3,(H,22,23)/b21-14+. The Kier molecular flexibility index (Phi) is 5.26. The number of para-hydroxylation sites is 1. The third kappa shape index (κ3) is 4.14. The van der Waals surface area contributed by atoms with Crippen LogP contribution in [-0.2, 0) is 0 Å². The van der Waals surface area contributed by atoms with Crippen molar-refractivity contribution in [3.05, 3.63) is 72.8 Å². The van der Waals surface area contributed by atoms with Gasteiger partial charge in [0.25, 0.3) is 0 Å². The first kappa shape index (κ1) is 16.5. The van der Waals surface area contributed by atoms with E-state index < -0.39 is 0 Å². The minimum Gasteiger partial charge on any atom is -0.493 e. The fourth-order valence-corrected chi connectivity index (χ4v) is 2.33. The highest BCUT2D eigenvalue weighted by molar-refractivity contribution is 5.82. The molecule has 1 aromatic heterocycles. The molecule has 126 valence electrons. The van der Waals surface area contributed by atoms with Crippen molar-refractivity contribution >= 4 is 22.9 Å². The molecule has 0 aliphatic heterocycles. The first-order valence-corrected chi connectivity index (χ1v) is 7.87. The fourth-order valence-electron chi connectivity index (χ4n) is 2.33. The van der Waals surface area contributed by atoms with E-state index in [4.69, 9.17) is 9.47 Å². The van der Waals surface area contributed by atoms with E-state index in [0.717, 1.165) is 16.5 Å². The number of pyridine rings is 1. The zero-order valence-electron chi connectivity index (χ0n) is 14.0. The van der Waals surface area contributed by atoms with Crippen molar-refractivity contribution < 1.29 is 9.47 Å². The van der Waals surface area contributed by atoms with Gasteiger partial charge in [0.2, 0.25) is 0 Å². The van der Waals surface area contributed by atoms with Crippen LogP contribution in [0.15, 0.2) is 72.4 Å². The van der Waals surface area contributed by atoms with Crippen molar-refractivity contribution in [3.8, 4) is 11.5 Å². The lowest BCUT2D eigenvalue weighted by Crippen LogP contribution is -1.98. The number of fused-ring (bicyclic) bond motifs is 1. The lowest BCUT2D eigenvalue weighted by atomic mass is 10.2. The molecule has 0 spiro atoms. The number of hydrogen-bond donors (Lipinski definition) is 1. The van der Waals surface area contributed by atoms with E-state index in [9.17, 15) is 0 Å². The lowest BCUT2D eigenvalue weighted by molar-refractivity contribution is 0.326. The molecule has 3 rings (SSSR count). The number of nitrogens with one attached hydrogen (secondary N) is 1. The summed E-state index contributed by atoms with van der Waals surface area (Å²) in [5.41, 5.74) is 4.75. The number of nitrogens with zero attached hydrogens (tertiary/aromatic N) is 2. The van der Waals surface area contributed by atoms with E-state index in [1.807, 2.05) is 54.6 Å². The first-order valence-electron chi connectivity index (χ1n) is 7.87. The molecule has 0 amide bonds. The van der Waals surface area contributed by atoms with Crippen LogP contribution in [0, 0.1) is 0 Å². The second kappa shape index (κ2) is 7.97. The Labute approximate surface area is 146 Å². The Morgan fingerprint density at radius 1 is 1.12 bits per heavy atom. The molecule has 1 N–H and O–H groups in total. The van der Waals surface area contributed by atoms with Gasteiger partial charge in [0.1, 0.15) is 12.4 Å². The molecule has 0 saturated heterocycles. The highest BCUT2D eigenvalue weighted by Crippen LogP contribution is 2.27. The molecule has 0 unspecified atom stereocenters. The predicted molar refractivity (Wildman–Crippen MR) is 102 cm³/mol. The van der Waals surface area contributed by atoms with Crippen LogP contribution >= 0.6 is 0 Å². The number of ether oxygens (including phenoxy) is 2. The number of hydrazone groups is 1. The highest BCUT2D eigenvalue weighted by Gasteiger charge is 2.04. The largest absolute Gasteiger partial charge is 0.493 e. The molecule has 0 aliphatic carbocycles. The molecule has 2 aromatic carbocycles. The number of rotatable bonds is 7. The molecule has 25 heavy (non-hydrogen) atoms. The zero-order chi connectivity index (χ0) is 17.5. The minimum atomic E-state index is 0.430. The summed E-state index contributed by atoms with van der Waals surface area (Å²) in [6, 6.07) is 17.5. The third-order valence-corrected chi connectivity index (χ3v) is 3.54. The minimum absolute atomic E-state index is 0.430. The summed E-state index contributed by atoms with van der Waals surface area (Å²) in [4.78, 5) is 4.51. The monoisotopic (exact) mass is 333 g/mol. The maximum absolute atomic E-state index is 5.53. The average Bonchev–Trinajstić information content (AvgIpc) is 2.66. The lowest BCUT2D eigenvalue weighted by Gasteiger charge is -2.09. The van der Waals surface area contributed by atoms with Crippen molar-refractivity contribution in [3.63, 3.8) is 0 Å². The molecule has 0 aliphatic rings.